The lowest BCUT2D eigenvalue weighted by Gasteiger charge is -2.29. The molecule has 1 heterocycles. The molecule has 0 aliphatic carbocycles. The second kappa shape index (κ2) is 6.38. The van der Waals surface area contributed by atoms with Gasteiger partial charge in [-0.05, 0) is 43.9 Å². The zero-order chi connectivity index (χ0) is 13.8. The Hall–Kier alpha value is -1.09. The number of hydrogen-bond acceptors (Lipinski definition) is 2. The summed E-state index contributed by atoms with van der Waals surface area (Å²) in [7, 11) is 0. The second-order valence-corrected chi connectivity index (χ2v) is 5.80. The summed E-state index contributed by atoms with van der Waals surface area (Å²) in [4.78, 5) is 2.17. The molecule has 1 fully saturated rings. The highest BCUT2D eigenvalue weighted by atomic mass is 19.1. The first kappa shape index (κ1) is 14.3. The fraction of sp³-hybridized carbons (Fsp3) is 0.625. The molecule has 0 bridgehead atoms. The van der Waals surface area contributed by atoms with Crippen LogP contribution in [0.5, 0.6) is 0 Å². The van der Waals surface area contributed by atoms with E-state index in [9.17, 15) is 4.39 Å². The Morgan fingerprint density at radius 2 is 1.79 bits per heavy atom. The Labute approximate surface area is 116 Å². The zero-order valence-corrected chi connectivity index (χ0v) is 12.2. The topological polar surface area (TPSA) is 15.3 Å². The summed E-state index contributed by atoms with van der Waals surface area (Å²) in [5.74, 6) is -0.0863. The summed E-state index contributed by atoms with van der Waals surface area (Å²) in [6, 6.07) is 6.26. The third kappa shape index (κ3) is 3.69. The predicted octanol–water partition coefficient (Wildman–Crippen LogP) is 3.88. The average Bonchev–Trinajstić information content (AvgIpc) is 2.38. The van der Waals surface area contributed by atoms with Gasteiger partial charge in [0.05, 0.1) is 5.69 Å². The Morgan fingerprint density at radius 3 is 2.37 bits per heavy atom. The largest absolute Gasteiger partial charge is 0.369 e. The van der Waals surface area contributed by atoms with Crippen LogP contribution in [0.25, 0.3) is 0 Å². The van der Waals surface area contributed by atoms with E-state index in [4.69, 9.17) is 0 Å². The molecule has 0 spiro atoms. The fourth-order valence-corrected chi connectivity index (χ4v) is 2.78. The molecule has 0 aromatic heterocycles. The van der Waals surface area contributed by atoms with Crippen LogP contribution in [0.2, 0.25) is 0 Å². The number of hydrogen-bond donors (Lipinski definition) is 1. The highest BCUT2D eigenvalue weighted by Gasteiger charge is 2.16. The molecule has 1 saturated heterocycles. The van der Waals surface area contributed by atoms with Gasteiger partial charge in [-0.1, -0.05) is 19.9 Å². The summed E-state index contributed by atoms with van der Waals surface area (Å²) >= 11 is 0. The Bertz CT molecular complexity index is 411. The van der Waals surface area contributed by atoms with Crippen molar-refractivity contribution >= 4 is 5.69 Å². The Balaban J connectivity index is 2.12. The number of nitrogens with zero attached hydrogens (tertiary/aromatic N) is 1. The van der Waals surface area contributed by atoms with Gasteiger partial charge >= 0.3 is 0 Å². The van der Waals surface area contributed by atoms with Gasteiger partial charge in [0.1, 0.15) is 5.82 Å². The average molecular weight is 264 g/mol. The molecule has 3 heteroatoms. The molecule has 1 aromatic carbocycles. The minimum atomic E-state index is -0.0863. The van der Waals surface area contributed by atoms with E-state index in [-0.39, 0.29) is 11.9 Å². The van der Waals surface area contributed by atoms with Crippen molar-refractivity contribution in [3.63, 3.8) is 0 Å². The van der Waals surface area contributed by atoms with Gasteiger partial charge in [-0.15, -0.1) is 0 Å². The minimum Gasteiger partial charge on any atom is -0.369 e. The van der Waals surface area contributed by atoms with E-state index in [1.807, 2.05) is 12.1 Å². The molecule has 0 saturated carbocycles. The molecule has 1 aromatic rings. The summed E-state index contributed by atoms with van der Waals surface area (Å²) in [6.07, 6.45) is 3.62. The third-order valence-corrected chi connectivity index (χ3v) is 3.75. The lowest BCUT2D eigenvalue weighted by molar-refractivity contribution is 0.502. The fourth-order valence-electron chi connectivity index (χ4n) is 2.78. The van der Waals surface area contributed by atoms with Crippen molar-refractivity contribution in [1.82, 2.24) is 5.32 Å². The smallest absolute Gasteiger partial charge is 0.146 e. The summed E-state index contributed by atoms with van der Waals surface area (Å²) < 4.78 is 14.3. The number of rotatable bonds is 4. The maximum Gasteiger partial charge on any atom is 0.146 e. The van der Waals surface area contributed by atoms with Crippen molar-refractivity contribution in [1.29, 1.82) is 0 Å². The van der Waals surface area contributed by atoms with Crippen LogP contribution in [0.15, 0.2) is 18.2 Å². The zero-order valence-electron chi connectivity index (χ0n) is 12.2. The summed E-state index contributed by atoms with van der Waals surface area (Å²) in [5, 5.41) is 3.40. The lowest BCUT2D eigenvalue weighted by Crippen LogP contribution is -2.30. The molecule has 2 rings (SSSR count). The molecule has 1 aliphatic heterocycles. The Morgan fingerprint density at radius 1 is 1.11 bits per heavy atom. The van der Waals surface area contributed by atoms with Gasteiger partial charge in [-0.25, -0.2) is 4.39 Å². The normalized spacial score (nSPS) is 17.8. The molecule has 106 valence electrons. The molecule has 1 N–H and O–H groups in total. The number of halogens is 1. The van der Waals surface area contributed by atoms with Crippen LogP contribution < -0.4 is 10.2 Å². The standard InChI is InChI=1S/C16H25FN2/c1-12(2)18-13(3)14-7-8-16(15(17)11-14)19-9-5-4-6-10-19/h7-8,11-13,18H,4-6,9-10H2,1-3H3/t13-/m1/s1. The molecule has 2 nitrogen and oxygen atoms in total. The van der Waals surface area contributed by atoms with Crippen molar-refractivity contribution < 1.29 is 4.39 Å². The maximum absolute atomic E-state index is 14.3. The van der Waals surface area contributed by atoms with E-state index >= 15 is 0 Å². The van der Waals surface area contributed by atoms with Gasteiger partial charge in [0.25, 0.3) is 0 Å². The second-order valence-electron chi connectivity index (χ2n) is 5.80. The number of piperidine rings is 1. The van der Waals surface area contributed by atoms with E-state index in [0.717, 1.165) is 24.3 Å². The van der Waals surface area contributed by atoms with Crippen molar-refractivity contribution in [2.45, 2.75) is 52.1 Å². The van der Waals surface area contributed by atoms with Gasteiger partial charge in [0.2, 0.25) is 0 Å². The number of nitrogens with one attached hydrogen (secondary N) is 1. The summed E-state index contributed by atoms with van der Waals surface area (Å²) in [6.45, 7) is 8.26. The first-order chi connectivity index (χ1) is 9.08. The van der Waals surface area contributed by atoms with E-state index in [1.54, 1.807) is 6.07 Å². The third-order valence-electron chi connectivity index (χ3n) is 3.75. The number of benzene rings is 1. The van der Waals surface area contributed by atoms with Crippen molar-refractivity contribution in [2.75, 3.05) is 18.0 Å². The Kier molecular flexibility index (Phi) is 4.81. The van der Waals surface area contributed by atoms with Crippen molar-refractivity contribution in [2.24, 2.45) is 0 Å². The highest BCUT2D eigenvalue weighted by molar-refractivity contribution is 5.49. The van der Waals surface area contributed by atoms with Gasteiger partial charge in [-0.3, -0.25) is 0 Å². The van der Waals surface area contributed by atoms with Gasteiger partial charge < -0.3 is 10.2 Å². The monoisotopic (exact) mass is 264 g/mol. The minimum absolute atomic E-state index is 0.0863. The van der Waals surface area contributed by atoms with Crippen LogP contribution >= 0.6 is 0 Å². The first-order valence-electron chi connectivity index (χ1n) is 7.38. The molecule has 19 heavy (non-hydrogen) atoms. The molecule has 0 radical (unpaired) electrons. The highest BCUT2D eigenvalue weighted by Crippen LogP contribution is 2.26. The van der Waals surface area contributed by atoms with Gasteiger partial charge in [0, 0.05) is 25.2 Å². The van der Waals surface area contributed by atoms with Crippen LogP contribution in [-0.2, 0) is 0 Å². The van der Waals surface area contributed by atoms with E-state index in [0.29, 0.717) is 6.04 Å². The molecular formula is C16H25FN2. The quantitative estimate of drug-likeness (QED) is 0.888. The van der Waals surface area contributed by atoms with E-state index < -0.39 is 0 Å². The molecule has 0 unspecified atom stereocenters. The first-order valence-corrected chi connectivity index (χ1v) is 7.38. The van der Waals surface area contributed by atoms with Crippen molar-refractivity contribution in [3.8, 4) is 0 Å². The van der Waals surface area contributed by atoms with Crippen LogP contribution in [0.3, 0.4) is 0 Å². The molecule has 1 aliphatic rings. The van der Waals surface area contributed by atoms with Crippen LogP contribution in [0.4, 0.5) is 10.1 Å². The molecular weight excluding hydrogens is 239 g/mol. The molecule has 1 atom stereocenters. The predicted molar refractivity (Wildman–Crippen MR) is 79.2 cm³/mol. The number of anilines is 1. The summed E-state index contributed by atoms with van der Waals surface area (Å²) in [5.41, 5.74) is 1.78. The lowest BCUT2D eigenvalue weighted by atomic mass is 10.0. The van der Waals surface area contributed by atoms with Gasteiger partial charge in [-0.2, -0.15) is 0 Å². The van der Waals surface area contributed by atoms with Crippen LogP contribution in [0.1, 0.15) is 51.6 Å². The van der Waals surface area contributed by atoms with Gasteiger partial charge in [0.15, 0.2) is 0 Å². The van der Waals surface area contributed by atoms with Crippen LogP contribution in [-0.4, -0.2) is 19.1 Å². The maximum atomic E-state index is 14.3. The van der Waals surface area contributed by atoms with Crippen molar-refractivity contribution in [3.05, 3.63) is 29.6 Å². The van der Waals surface area contributed by atoms with E-state index in [2.05, 4.69) is 31.0 Å². The SMILES string of the molecule is CC(C)N[C@H](C)c1ccc(N2CCCCC2)c(F)c1. The molecule has 0 amide bonds. The van der Waals surface area contributed by atoms with E-state index in [1.165, 1.54) is 19.3 Å². The van der Waals surface area contributed by atoms with Crippen LogP contribution in [0, 0.1) is 5.82 Å².